The lowest BCUT2D eigenvalue weighted by atomic mass is 9.99. The molecule has 0 bridgehead atoms. The molecule has 2 aliphatic heterocycles. The monoisotopic (exact) mass is 272 g/mol. The molecule has 0 aromatic heterocycles. The fourth-order valence-electron chi connectivity index (χ4n) is 3.49. The molecule has 2 saturated heterocycles. The molecule has 2 unspecified atom stereocenters. The van der Waals surface area contributed by atoms with Gasteiger partial charge in [0, 0.05) is 32.1 Å². The molecule has 20 heavy (non-hydrogen) atoms. The highest BCUT2D eigenvalue weighted by molar-refractivity contribution is 5.75. The molecule has 108 valence electrons. The van der Waals surface area contributed by atoms with Gasteiger partial charge in [-0.3, -0.25) is 0 Å². The maximum atomic E-state index is 12.6. The topological polar surface area (TPSA) is 23.6 Å². The number of carbonyl (C=O) groups excluding carboxylic acids is 1. The van der Waals surface area contributed by atoms with Crippen molar-refractivity contribution in [1.29, 1.82) is 0 Å². The van der Waals surface area contributed by atoms with E-state index >= 15 is 0 Å². The van der Waals surface area contributed by atoms with Gasteiger partial charge in [-0.05, 0) is 30.7 Å². The first-order valence-corrected chi connectivity index (χ1v) is 7.83. The largest absolute Gasteiger partial charge is 0.324 e. The zero-order valence-electron chi connectivity index (χ0n) is 12.3. The molecule has 0 spiro atoms. The third kappa shape index (κ3) is 2.82. The molecule has 0 saturated carbocycles. The molecule has 0 aliphatic carbocycles. The molecule has 3 nitrogen and oxygen atoms in total. The Morgan fingerprint density at radius 2 is 1.80 bits per heavy atom. The second kappa shape index (κ2) is 5.86. The van der Waals surface area contributed by atoms with Crippen molar-refractivity contribution in [1.82, 2.24) is 9.80 Å². The van der Waals surface area contributed by atoms with Gasteiger partial charge in [-0.1, -0.05) is 37.3 Å². The van der Waals surface area contributed by atoms with Crippen LogP contribution in [0.15, 0.2) is 30.3 Å². The number of hydrogen-bond donors (Lipinski definition) is 0. The Labute approximate surface area is 121 Å². The fourth-order valence-corrected chi connectivity index (χ4v) is 3.49. The van der Waals surface area contributed by atoms with Crippen molar-refractivity contribution in [3.8, 4) is 0 Å². The minimum atomic E-state index is 0.259. The SMILES string of the molecule is CC1CCCN(C(=O)N2CCC(c3ccccc3)C2)C1. The summed E-state index contributed by atoms with van der Waals surface area (Å²) >= 11 is 0. The number of likely N-dealkylation sites (tertiary alicyclic amines) is 2. The van der Waals surface area contributed by atoms with Gasteiger partial charge in [0.1, 0.15) is 0 Å². The Morgan fingerprint density at radius 1 is 1.05 bits per heavy atom. The van der Waals surface area contributed by atoms with Gasteiger partial charge in [0.05, 0.1) is 0 Å². The average Bonchev–Trinajstić information content (AvgIpc) is 2.97. The minimum absolute atomic E-state index is 0.259. The van der Waals surface area contributed by atoms with Gasteiger partial charge < -0.3 is 9.80 Å². The zero-order chi connectivity index (χ0) is 13.9. The summed E-state index contributed by atoms with van der Waals surface area (Å²) in [6, 6.07) is 10.9. The fraction of sp³-hybridized carbons (Fsp3) is 0.588. The van der Waals surface area contributed by atoms with Crippen molar-refractivity contribution in [3.05, 3.63) is 35.9 Å². The van der Waals surface area contributed by atoms with E-state index in [1.54, 1.807) is 0 Å². The van der Waals surface area contributed by atoms with Gasteiger partial charge in [0.2, 0.25) is 0 Å². The number of carbonyl (C=O) groups is 1. The summed E-state index contributed by atoms with van der Waals surface area (Å²) in [4.78, 5) is 16.7. The van der Waals surface area contributed by atoms with Crippen LogP contribution >= 0.6 is 0 Å². The van der Waals surface area contributed by atoms with Gasteiger partial charge in [0.25, 0.3) is 0 Å². The molecule has 2 atom stereocenters. The number of amides is 2. The van der Waals surface area contributed by atoms with E-state index in [0.717, 1.165) is 39.0 Å². The second-order valence-electron chi connectivity index (χ2n) is 6.32. The van der Waals surface area contributed by atoms with E-state index in [1.807, 2.05) is 0 Å². The molecule has 3 rings (SSSR count). The average molecular weight is 272 g/mol. The Morgan fingerprint density at radius 3 is 2.55 bits per heavy atom. The third-order valence-electron chi connectivity index (χ3n) is 4.66. The first-order chi connectivity index (χ1) is 9.74. The predicted molar refractivity (Wildman–Crippen MR) is 80.7 cm³/mol. The number of urea groups is 1. The first-order valence-electron chi connectivity index (χ1n) is 7.83. The summed E-state index contributed by atoms with van der Waals surface area (Å²) in [7, 11) is 0. The molecule has 2 aliphatic rings. The lowest BCUT2D eigenvalue weighted by molar-refractivity contribution is 0.139. The zero-order valence-corrected chi connectivity index (χ0v) is 12.3. The number of benzene rings is 1. The normalized spacial score (nSPS) is 26.9. The van der Waals surface area contributed by atoms with Gasteiger partial charge in [0.15, 0.2) is 0 Å². The van der Waals surface area contributed by atoms with E-state index in [4.69, 9.17) is 0 Å². The van der Waals surface area contributed by atoms with Crippen LogP contribution in [-0.2, 0) is 0 Å². The summed E-state index contributed by atoms with van der Waals surface area (Å²) in [6.45, 7) is 5.91. The van der Waals surface area contributed by atoms with E-state index < -0.39 is 0 Å². The first kappa shape index (κ1) is 13.5. The molecule has 1 aromatic carbocycles. The molecule has 0 N–H and O–H groups in total. The maximum absolute atomic E-state index is 12.6. The molecule has 1 aromatic rings. The van der Waals surface area contributed by atoms with Gasteiger partial charge in [-0.15, -0.1) is 0 Å². The number of rotatable bonds is 1. The van der Waals surface area contributed by atoms with Crippen LogP contribution in [0, 0.1) is 5.92 Å². The van der Waals surface area contributed by atoms with Crippen LogP contribution < -0.4 is 0 Å². The van der Waals surface area contributed by atoms with Crippen LogP contribution in [0.3, 0.4) is 0 Å². The van der Waals surface area contributed by atoms with Crippen molar-refractivity contribution in [2.24, 2.45) is 5.92 Å². The molecule has 3 heteroatoms. The molecule has 2 fully saturated rings. The summed E-state index contributed by atoms with van der Waals surface area (Å²) in [6.07, 6.45) is 3.51. The smallest absolute Gasteiger partial charge is 0.320 e. The van der Waals surface area contributed by atoms with E-state index in [-0.39, 0.29) is 6.03 Å². The summed E-state index contributed by atoms with van der Waals surface area (Å²) in [5, 5.41) is 0. The quantitative estimate of drug-likeness (QED) is 0.769. The highest BCUT2D eigenvalue weighted by Crippen LogP contribution is 2.28. The number of piperidine rings is 1. The number of nitrogens with zero attached hydrogens (tertiary/aromatic N) is 2. The van der Waals surface area contributed by atoms with E-state index in [1.165, 1.54) is 12.0 Å². The molecular weight excluding hydrogens is 248 g/mol. The lowest BCUT2D eigenvalue weighted by Gasteiger charge is -2.34. The standard InChI is InChI=1S/C17H24N2O/c1-14-6-5-10-18(12-14)17(20)19-11-9-16(13-19)15-7-3-2-4-8-15/h2-4,7-8,14,16H,5-6,9-13H2,1H3. The Kier molecular flexibility index (Phi) is 3.95. The van der Waals surface area contributed by atoms with E-state index in [9.17, 15) is 4.79 Å². The van der Waals surface area contributed by atoms with Crippen molar-refractivity contribution in [2.75, 3.05) is 26.2 Å². The third-order valence-corrected chi connectivity index (χ3v) is 4.66. The highest BCUT2D eigenvalue weighted by Gasteiger charge is 2.31. The van der Waals surface area contributed by atoms with Crippen molar-refractivity contribution in [2.45, 2.75) is 32.1 Å². The van der Waals surface area contributed by atoms with E-state index in [0.29, 0.717) is 11.8 Å². The van der Waals surface area contributed by atoms with Crippen molar-refractivity contribution >= 4 is 6.03 Å². The Balaban J connectivity index is 1.61. The van der Waals surface area contributed by atoms with Crippen molar-refractivity contribution in [3.63, 3.8) is 0 Å². The second-order valence-corrected chi connectivity index (χ2v) is 6.32. The van der Waals surface area contributed by atoms with Crippen LogP contribution in [0.5, 0.6) is 0 Å². The summed E-state index contributed by atoms with van der Waals surface area (Å²) in [5.74, 6) is 1.17. The van der Waals surface area contributed by atoms with Crippen LogP contribution in [-0.4, -0.2) is 42.0 Å². The molecule has 0 radical (unpaired) electrons. The maximum Gasteiger partial charge on any atom is 0.320 e. The highest BCUT2D eigenvalue weighted by atomic mass is 16.2. The number of hydrogen-bond acceptors (Lipinski definition) is 1. The Hall–Kier alpha value is -1.51. The van der Waals surface area contributed by atoms with Gasteiger partial charge in [-0.25, -0.2) is 4.79 Å². The van der Waals surface area contributed by atoms with Crippen molar-refractivity contribution < 1.29 is 4.79 Å². The van der Waals surface area contributed by atoms with Crippen LogP contribution in [0.4, 0.5) is 4.79 Å². The molecule has 2 heterocycles. The van der Waals surface area contributed by atoms with Crippen LogP contribution in [0.25, 0.3) is 0 Å². The summed E-state index contributed by atoms with van der Waals surface area (Å²) in [5.41, 5.74) is 1.37. The summed E-state index contributed by atoms with van der Waals surface area (Å²) < 4.78 is 0. The van der Waals surface area contributed by atoms with Crippen LogP contribution in [0.2, 0.25) is 0 Å². The van der Waals surface area contributed by atoms with Crippen LogP contribution in [0.1, 0.15) is 37.7 Å². The molecular formula is C17H24N2O. The minimum Gasteiger partial charge on any atom is -0.324 e. The predicted octanol–water partition coefficient (Wildman–Crippen LogP) is 3.33. The van der Waals surface area contributed by atoms with E-state index in [2.05, 4.69) is 47.1 Å². The lowest BCUT2D eigenvalue weighted by Crippen LogP contribution is -2.46. The van der Waals surface area contributed by atoms with Gasteiger partial charge >= 0.3 is 6.03 Å². The Bertz CT molecular complexity index is 459. The molecule has 2 amide bonds. The van der Waals surface area contributed by atoms with Gasteiger partial charge in [-0.2, -0.15) is 0 Å².